The Morgan fingerprint density at radius 1 is 1.05 bits per heavy atom. The molecule has 3 aliphatic rings. The van der Waals surface area contributed by atoms with E-state index >= 15 is 0 Å². The fraction of sp³-hybridized carbons (Fsp3) is 0.400. The van der Waals surface area contributed by atoms with Crippen LogP contribution in [0.1, 0.15) is 42.7 Å². The fourth-order valence-corrected chi connectivity index (χ4v) is 5.42. The van der Waals surface area contributed by atoms with Gasteiger partial charge in [0, 0.05) is 62.8 Å². The van der Waals surface area contributed by atoms with Crippen molar-refractivity contribution in [3.63, 3.8) is 0 Å². The molecule has 1 aromatic carbocycles. The summed E-state index contributed by atoms with van der Waals surface area (Å²) < 4.78 is 5.88. The normalized spacial score (nSPS) is 18.7. The van der Waals surface area contributed by atoms with Gasteiger partial charge in [0.15, 0.2) is 17.4 Å². The number of carbonyl (C=O) groups excluding carboxylic acids is 1. The van der Waals surface area contributed by atoms with E-state index < -0.39 is 6.17 Å². The van der Waals surface area contributed by atoms with Gasteiger partial charge < -0.3 is 15.4 Å². The molecule has 10 heteroatoms. The number of pyridine rings is 1. The van der Waals surface area contributed by atoms with Gasteiger partial charge in [-0.2, -0.15) is 0 Å². The molecular formula is C30H34N8O2. The molecule has 0 spiro atoms. The molecule has 0 saturated carbocycles. The molecule has 2 aliphatic heterocycles. The average molecular weight is 539 g/mol. The Labute approximate surface area is 234 Å². The minimum absolute atomic E-state index is 0.115. The highest BCUT2D eigenvalue weighted by molar-refractivity contribution is 6.66. The summed E-state index contributed by atoms with van der Waals surface area (Å²) in [6, 6.07) is 12.1. The monoisotopic (exact) mass is 538 g/mol. The number of piperazine rings is 1. The second kappa shape index (κ2) is 11.1. The van der Waals surface area contributed by atoms with Crippen molar-refractivity contribution in [3.05, 3.63) is 71.4 Å². The number of nitrogens with zero attached hydrogens (tertiary/aromatic N) is 7. The van der Waals surface area contributed by atoms with E-state index in [-0.39, 0.29) is 23.6 Å². The van der Waals surface area contributed by atoms with E-state index in [4.69, 9.17) is 15.5 Å². The first-order valence-corrected chi connectivity index (χ1v) is 13.9. The molecule has 1 amide bonds. The van der Waals surface area contributed by atoms with Crippen LogP contribution in [0.4, 0.5) is 0 Å². The summed E-state index contributed by atoms with van der Waals surface area (Å²) in [6.45, 7) is 7.78. The number of aryl methyl sites for hydroxylation is 2. The zero-order chi connectivity index (χ0) is 27.6. The number of hydrogen-bond donors (Lipinski definition) is 1. The number of hydrogen-bond acceptors (Lipinski definition) is 9. The number of ether oxygens (including phenoxy) is 1. The van der Waals surface area contributed by atoms with Gasteiger partial charge in [-0.05, 0) is 68.1 Å². The van der Waals surface area contributed by atoms with E-state index in [2.05, 4.69) is 37.0 Å². The Kier molecular flexibility index (Phi) is 7.25. The molecule has 1 atom stereocenters. The lowest BCUT2D eigenvalue weighted by Crippen LogP contribution is -2.52. The van der Waals surface area contributed by atoms with Crippen molar-refractivity contribution in [3.8, 4) is 17.0 Å². The van der Waals surface area contributed by atoms with Crippen molar-refractivity contribution in [2.75, 3.05) is 32.7 Å². The van der Waals surface area contributed by atoms with Gasteiger partial charge in [-0.3, -0.25) is 14.7 Å². The van der Waals surface area contributed by atoms with Gasteiger partial charge in [-0.25, -0.2) is 20.0 Å². The maximum atomic E-state index is 13.3. The third kappa shape index (κ3) is 5.44. The van der Waals surface area contributed by atoms with Crippen molar-refractivity contribution in [1.29, 1.82) is 0 Å². The minimum atomic E-state index is -0.724. The first kappa shape index (κ1) is 26.1. The molecule has 0 bridgehead atoms. The predicted molar refractivity (Wildman–Crippen MR) is 153 cm³/mol. The molecule has 4 heterocycles. The average Bonchev–Trinajstić information content (AvgIpc) is 3.37. The number of aliphatic imine (C=N–C) groups is 2. The van der Waals surface area contributed by atoms with Crippen molar-refractivity contribution in [2.24, 2.45) is 15.7 Å². The highest BCUT2D eigenvalue weighted by Crippen LogP contribution is 2.35. The first-order valence-electron chi connectivity index (χ1n) is 13.9. The Hall–Kier alpha value is -4.18. The topological polar surface area (TPSA) is 122 Å². The van der Waals surface area contributed by atoms with Crippen LogP contribution in [0.15, 0.2) is 58.8 Å². The van der Waals surface area contributed by atoms with Gasteiger partial charge in [0.2, 0.25) is 6.17 Å². The molecule has 1 saturated heterocycles. The Morgan fingerprint density at radius 2 is 1.88 bits per heavy atom. The molecular weight excluding hydrogens is 504 g/mol. The minimum Gasteiger partial charge on any atom is -0.491 e. The lowest BCUT2D eigenvalue weighted by molar-refractivity contribution is -0.125. The van der Waals surface area contributed by atoms with Crippen LogP contribution in [0.25, 0.3) is 11.3 Å². The second-order valence-electron chi connectivity index (χ2n) is 10.7. The summed E-state index contributed by atoms with van der Waals surface area (Å²) in [5.74, 6) is 1.26. The van der Waals surface area contributed by atoms with Crippen LogP contribution in [0, 0.1) is 0 Å². The molecule has 6 rings (SSSR count). The summed E-state index contributed by atoms with van der Waals surface area (Å²) >= 11 is 0. The van der Waals surface area contributed by atoms with Crippen molar-refractivity contribution in [1.82, 2.24) is 24.8 Å². The van der Waals surface area contributed by atoms with Gasteiger partial charge in [-0.1, -0.05) is 6.07 Å². The Bertz CT molecular complexity index is 1460. The van der Waals surface area contributed by atoms with E-state index in [9.17, 15) is 4.79 Å². The van der Waals surface area contributed by atoms with Gasteiger partial charge in [0.25, 0.3) is 5.91 Å². The quantitative estimate of drug-likeness (QED) is 0.491. The molecule has 10 nitrogen and oxygen atoms in total. The van der Waals surface area contributed by atoms with Crippen LogP contribution in [-0.4, -0.2) is 81.0 Å². The highest BCUT2D eigenvalue weighted by atomic mass is 16.5. The summed E-state index contributed by atoms with van der Waals surface area (Å²) in [7, 11) is 0. The Morgan fingerprint density at radius 3 is 2.65 bits per heavy atom. The first-order chi connectivity index (χ1) is 19.4. The molecule has 0 radical (unpaired) electrons. The van der Waals surface area contributed by atoms with Crippen molar-refractivity contribution >= 4 is 17.5 Å². The number of aromatic nitrogens is 3. The molecule has 3 aromatic rings. The van der Waals surface area contributed by atoms with Crippen LogP contribution >= 0.6 is 0 Å². The molecule has 1 unspecified atom stereocenters. The van der Waals surface area contributed by atoms with Gasteiger partial charge in [0.05, 0.1) is 11.8 Å². The van der Waals surface area contributed by atoms with Crippen molar-refractivity contribution in [2.45, 2.75) is 45.4 Å². The molecule has 1 aliphatic carbocycles. The highest BCUT2D eigenvalue weighted by Gasteiger charge is 2.32. The van der Waals surface area contributed by atoms with Crippen LogP contribution < -0.4 is 10.5 Å². The van der Waals surface area contributed by atoms with Crippen LogP contribution in [-0.2, 0) is 24.1 Å². The number of amidine groups is 1. The number of benzene rings is 1. The maximum Gasteiger partial charge on any atom is 0.276 e. The predicted octanol–water partition coefficient (Wildman–Crippen LogP) is 2.62. The van der Waals surface area contributed by atoms with E-state index in [1.54, 1.807) is 0 Å². The summed E-state index contributed by atoms with van der Waals surface area (Å²) in [5.41, 5.74) is 11.7. The van der Waals surface area contributed by atoms with E-state index in [0.717, 1.165) is 67.2 Å². The van der Waals surface area contributed by atoms with Crippen LogP contribution in [0.2, 0.25) is 0 Å². The fourth-order valence-electron chi connectivity index (χ4n) is 5.42. The van der Waals surface area contributed by atoms with Crippen LogP contribution in [0.3, 0.4) is 0 Å². The largest absolute Gasteiger partial charge is 0.491 e. The lowest BCUT2D eigenvalue weighted by atomic mass is 9.89. The lowest BCUT2D eigenvalue weighted by Gasteiger charge is -2.34. The van der Waals surface area contributed by atoms with Crippen LogP contribution in [0.5, 0.6) is 5.75 Å². The number of amides is 1. The number of rotatable bonds is 7. The van der Waals surface area contributed by atoms with Gasteiger partial charge >= 0.3 is 0 Å². The molecule has 1 fully saturated rings. The maximum absolute atomic E-state index is 13.3. The third-order valence-electron chi connectivity index (χ3n) is 7.51. The smallest absolute Gasteiger partial charge is 0.276 e. The Balaban J connectivity index is 1.13. The van der Waals surface area contributed by atoms with Crippen molar-refractivity contribution < 1.29 is 9.53 Å². The van der Waals surface area contributed by atoms with E-state index in [1.807, 2.05) is 55.4 Å². The molecule has 206 valence electrons. The SMILES string of the molecule is CC(C)Oc1ccc2c(c1)CCc1cnc(C3N=C(N)C(C(=O)N4CCN(CCc5ccccn5)CC4)=N3)nc1-2. The van der Waals surface area contributed by atoms with E-state index in [1.165, 1.54) is 5.56 Å². The van der Waals surface area contributed by atoms with E-state index in [0.29, 0.717) is 18.9 Å². The van der Waals surface area contributed by atoms with Gasteiger partial charge in [-0.15, -0.1) is 0 Å². The summed E-state index contributed by atoms with van der Waals surface area (Å²) in [4.78, 5) is 40.4. The number of nitrogens with two attached hydrogens (primary N) is 1. The standard InChI is InChI=1S/C30H34N8O2/c1-19(2)40-23-8-9-24-20(17-23)6-7-21-18-33-28(34-25(21)24)29-35-26(27(31)36-29)30(39)38-15-13-37(14-16-38)12-10-22-5-3-4-11-32-22/h3-5,8-9,11,17-19,29H,6-7,10,12-16H2,1-2H3,(H2,31,36). The summed E-state index contributed by atoms with van der Waals surface area (Å²) in [5, 5.41) is 0. The zero-order valence-electron chi connectivity index (χ0n) is 23.0. The second-order valence-corrected chi connectivity index (χ2v) is 10.7. The molecule has 2 aromatic heterocycles. The molecule has 40 heavy (non-hydrogen) atoms. The van der Waals surface area contributed by atoms with Gasteiger partial charge in [0.1, 0.15) is 5.75 Å². The number of fused-ring (bicyclic) bond motifs is 3. The molecule has 2 N–H and O–H groups in total. The number of carbonyl (C=O) groups is 1. The summed E-state index contributed by atoms with van der Waals surface area (Å²) in [6.07, 6.45) is 5.71. The zero-order valence-corrected chi connectivity index (χ0v) is 23.0. The third-order valence-corrected chi connectivity index (χ3v) is 7.51.